The minimum atomic E-state index is -0.465. The number of carbonyl (C=O) groups excluding carboxylic acids is 3. The molecule has 0 spiro atoms. The number of ether oxygens (including phenoxy) is 1. The van der Waals surface area contributed by atoms with Crippen LogP contribution in [0.15, 0.2) is 132 Å². The van der Waals surface area contributed by atoms with Crippen LogP contribution in [0.5, 0.6) is 5.75 Å². The Morgan fingerprint density at radius 3 is 2.24 bits per heavy atom. The van der Waals surface area contributed by atoms with Crippen molar-refractivity contribution in [1.29, 1.82) is 0 Å². The maximum Gasteiger partial charge on any atom is 0.272 e. The smallest absolute Gasteiger partial charge is 0.272 e. The van der Waals surface area contributed by atoms with E-state index in [1.165, 1.54) is 11.8 Å². The highest BCUT2D eigenvalue weighted by atomic mass is 32.2. The SMILES string of the molecule is CCOc1ccccc1NC(=O)C(C)Sc1ccc(NC(=O)/C(=C/c2cccc3ccccc23)NC(=O)c2ccccc2)cc1. The van der Waals surface area contributed by atoms with Crippen LogP contribution in [0, 0.1) is 0 Å². The fraction of sp³-hybridized carbons (Fsp3) is 0.108. The van der Waals surface area contributed by atoms with Crippen LogP contribution >= 0.6 is 11.8 Å². The van der Waals surface area contributed by atoms with Crippen LogP contribution in [0.25, 0.3) is 16.8 Å². The van der Waals surface area contributed by atoms with Gasteiger partial charge in [0.2, 0.25) is 5.91 Å². The molecule has 1 atom stereocenters. The van der Waals surface area contributed by atoms with Gasteiger partial charge < -0.3 is 20.7 Å². The Morgan fingerprint density at radius 2 is 1.47 bits per heavy atom. The lowest BCUT2D eigenvalue weighted by molar-refractivity contribution is -0.115. The summed E-state index contributed by atoms with van der Waals surface area (Å²) in [6.45, 7) is 4.23. The molecule has 5 aromatic rings. The summed E-state index contributed by atoms with van der Waals surface area (Å²) >= 11 is 1.40. The van der Waals surface area contributed by atoms with Crippen LogP contribution in [-0.4, -0.2) is 29.6 Å². The van der Waals surface area contributed by atoms with Gasteiger partial charge in [-0.05, 0) is 84.8 Å². The average Bonchev–Trinajstić information content (AvgIpc) is 3.06. The summed E-state index contributed by atoms with van der Waals surface area (Å²) < 4.78 is 5.61. The second kappa shape index (κ2) is 14.9. The van der Waals surface area contributed by atoms with Gasteiger partial charge >= 0.3 is 0 Å². The number of benzene rings is 5. The lowest BCUT2D eigenvalue weighted by atomic mass is 10.0. The molecule has 0 aliphatic heterocycles. The van der Waals surface area contributed by atoms with Crippen molar-refractivity contribution in [2.45, 2.75) is 24.0 Å². The maximum atomic E-state index is 13.6. The number of anilines is 2. The summed E-state index contributed by atoms with van der Waals surface area (Å²) in [4.78, 5) is 40.4. The zero-order chi connectivity index (χ0) is 31.6. The third-order valence-electron chi connectivity index (χ3n) is 6.89. The molecule has 45 heavy (non-hydrogen) atoms. The fourth-order valence-corrected chi connectivity index (χ4v) is 5.50. The molecular weight excluding hydrogens is 582 g/mol. The van der Waals surface area contributed by atoms with E-state index in [-0.39, 0.29) is 22.8 Å². The van der Waals surface area contributed by atoms with E-state index in [0.717, 1.165) is 21.2 Å². The number of rotatable bonds is 11. The van der Waals surface area contributed by atoms with Gasteiger partial charge in [-0.3, -0.25) is 14.4 Å². The third-order valence-corrected chi connectivity index (χ3v) is 8.00. The van der Waals surface area contributed by atoms with E-state index in [9.17, 15) is 14.4 Å². The molecule has 3 amide bonds. The van der Waals surface area contributed by atoms with E-state index in [0.29, 0.717) is 29.3 Å². The molecule has 3 N–H and O–H groups in total. The van der Waals surface area contributed by atoms with Crippen LogP contribution in [0.2, 0.25) is 0 Å². The highest BCUT2D eigenvalue weighted by molar-refractivity contribution is 8.00. The molecule has 0 saturated heterocycles. The first-order valence-corrected chi connectivity index (χ1v) is 15.5. The molecule has 0 fully saturated rings. The molecule has 0 aromatic heterocycles. The Morgan fingerprint density at radius 1 is 0.778 bits per heavy atom. The largest absolute Gasteiger partial charge is 0.492 e. The number of nitrogens with one attached hydrogen (secondary N) is 3. The Bertz CT molecular complexity index is 1830. The summed E-state index contributed by atoms with van der Waals surface area (Å²) in [5.74, 6) is -0.380. The lowest BCUT2D eigenvalue weighted by Gasteiger charge is -2.15. The molecule has 7 nitrogen and oxygen atoms in total. The average molecular weight is 616 g/mol. The van der Waals surface area contributed by atoms with Gasteiger partial charge in [0.05, 0.1) is 17.5 Å². The van der Waals surface area contributed by atoms with E-state index in [1.54, 1.807) is 42.5 Å². The number of hydrogen-bond donors (Lipinski definition) is 3. The molecule has 226 valence electrons. The van der Waals surface area contributed by atoms with Gasteiger partial charge in [0.25, 0.3) is 11.8 Å². The van der Waals surface area contributed by atoms with Gasteiger partial charge in [-0.25, -0.2) is 0 Å². The standard InChI is InChI=1S/C37H33N3O4S/c1-3-44-34-19-10-9-18-32(34)39-35(41)25(2)45-30-22-20-29(21-23-30)38-37(43)33(40-36(42)27-13-5-4-6-14-27)24-28-16-11-15-26-12-7-8-17-31(26)28/h4-25H,3H2,1-2H3,(H,38,43)(H,39,41)(H,40,42)/b33-24-. The molecule has 8 heteroatoms. The first-order chi connectivity index (χ1) is 21.9. The highest BCUT2D eigenvalue weighted by Gasteiger charge is 2.18. The molecular formula is C37H33N3O4S. The third kappa shape index (κ3) is 8.19. The van der Waals surface area contributed by atoms with Crippen molar-refractivity contribution in [2.75, 3.05) is 17.2 Å². The monoisotopic (exact) mass is 615 g/mol. The maximum absolute atomic E-state index is 13.6. The minimum absolute atomic E-state index is 0.108. The lowest BCUT2D eigenvalue weighted by Crippen LogP contribution is -2.30. The predicted octanol–water partition coefficient (Wildman–Crippen LogP) is 7.77. The van der Waals surface area contributed by atoms with E-state index in [1.807, 2.05) is 98.8 Å². The van der Waals surface area contributed by atoms with Crippen LogP contribution in [0.4, 0.5) is 11.4 Å². The van der Waals surface area contributed by atoms with Crippen LogP contribution in [0.1, 0.15) is 29.8 Å². The zero-order valence-electron chi connectivity index (χ0n) is 25.0. The van der Waals surface area contributed by atoms with Crippen molar-refractivity contribution in [2.24, 2.45) is 0 Å². The van der Waals surface area contributed by atoms with Crippen molar-refractivity contribution in [3.8, 4) is 5.75 Å². The first-order valence-electron chi connectivity index (χ1n) is 14.6. The van der Waals surface area contributed by atoms with Crippen molar-refractivity contribution in [1.82, 2.24) is 5.32 Å². The molecule has 1 unspecified atom stereocenters. The Balaban J connectivity index is 1.30. The van der Waals surface area contributed by atoms with Gasteiger partial charge in [0.15, 0.2) is 0 Å². The van der Waals surface area contributed by atoms with Crippen molar-refractivity contribution < 1.29 is 19.1 Å². The van der Waals surface area contributed by atoms with E-state index >= 15 is 0 Å². The fourth-order valence-electron chi connectivity index (χ4n) is 4.63. The van der Waals surface area contributed by atoms with Crippen LogP contribution < -0.4 is 20.7 Å². The minimum Gasteiger partial charge on any atom is -0.492 e. The summed E-state index contributed by atoms with van der Waals surface area (Å²) in [6, 6.07) is 37.0. The summed E-state index contributed by atoms with van der Waals surface area (Å²) in [7, 11) is 0. The van der Waals surface area contributed by atoms with Crippen molar-refractivity contribution in [3.05, 3.63) is 138 Å². The number of amides is 3. The van der Waals surface area contributed by atoms with E-state index < -0.39 is 5.91 Å². The van der Waals surface area contributed by atoms with Gasteiger partial charge in [-0.15, -0.1) is 11.8 Å². The number of thioether (sulfide) groups is 1. The van der Waals surface area contributed by atoms with Gasteiger partial charge in [-0.2, -0.15) is 0 Å². The molecule has 0 bridgehead atoms. The van der Waals surface area contributed by atoms with Gasteiger partial charge in [-0.1, -0.05) is 72.8 Å². The van der Waals surface area contributed by atoms with Crippen LogP contribution in [0.3, 0.4) is 0 Å². The number of hydrogen-bond acceptors (Lipinski definition) is 5. The molecule has 0 saturated carbocycles. The molecule has 0 aliphatic carbocycles. The summed E-state index contributed by atoms with van der Waals surface area (Å²) in [5.41, 5.74) is 2.52. The second-order valence-electron chi connectivity index (χ2n) is 10.1. The Labute approximate surface area is 266 Å². The topological polar surface area (TPSA) is 96.5 Å². The quantitative estimate of drug-likeness (QED) is 0.104. The normalized spacial score (nSPS) is 11.8. The second-order valence-corrected chi connectivity index (χ2v) is 11.5. The molecule has 5 rings (SSSR count). The summed E-state index contributed by atoms with van der Waals surface area (Å²) in [5, 5.41) is 10.2. The van der Waals surface area contributed by atoms with E-state index in [2.05, 4.69) is 16.0 Å². The van der Waals surface area contributed by atoms with Crippen molar-refractivity contribution in [3.63, 3.8) is 0 Å². The van der Waals surface area contributed by atoms with Crippen LogP contribution in [-0.2, 0) is 9.59 Å². The Kier molecular flexibility index (Phi) is 10.3. The molecule has 0 radical (unpaired) electrons. The first kappa shape index (κ1) is 31.1. The Hall–Kier alpha value is -5.34. The van der Waals surface area contributed by atoms with Gasteiger partial charge in [0.1, 0.15) is 11.4 Å². The molecule has 0 heterocycles. The molecule has 0 aliphatic rings. The number of fused-ring (bicyclic) bond motifs is 1. The van der Waals surface area contributed by atoms with Crippen molar-refractivity contribution >= 4 is 57.7 Å². The zero-order valence-corrected chi connectivity index (χ0v) is 25.8. The number of carbonyl (C=O) groups is 3. The molecule has 5 aromatic carbocycles. The highest BCUT2D eigenvalue weighted by Crippen LogP contribution is 2.28. The predicted molar refractivity (Wildman–Crippen MR) is 182 cm³/mol. The van der Waals surface area contributed by atoms with E-state index in [4.69, 9.17) is 4.74 Å². The number of para-hydroxylation sites is 2. The summed E-state index contributed by atoms with van der Waals surface area (Å²) in [6.07, 6.45) is 1.69. The van der Waals surface area contributed by atoms with Gasteiger partial charge in [0, 0.05) is 16.1 Å².